The zero-order chi connectivity index (χ0) is 16.7. The van der Waals surface area contributed by atoms with Gasteiger partial charge in [0, 0.05) is 17.9 Å². The number of hydrogen-bond donors (Lipinski definition) is 3. The largest absolute Gasteiger partial charge is 0.506 e. The number of fused-ring (bicyclic) bond motifs is 3. The number of carbonyl (C=O) groups is 2. The van der Waals surface area contributed by atoms with Gasteiger partial charge < -0.3 is 24.7 Å². The summed E-state index contributed by atoms with van der Waals surface area (Å²) in [6.07, 6.45) is -1.11. The van der Waals surface area contributed by atoms with E-state index in [4.69, 9.17) is 4.74 Å². The van der Waals surface area contributed by atoms with E-state index in [0.717, 1.165) is 0 Å². The second kappa shape index (κ2) is 5.47. The average Bonchev–Trinajstić information content (AvgIpc) is 3.00. The van der Waals surface area contributed by atoms with Gasteiger partial charge in [0.25, 0.3) is 0 Å². The lowest BCUT2D eigenvalue weighted by Gasteiger charge is -2.31. The number of aliphatic hydroxyl groups excluding tert-OH is 1. The number of aromatic amines is 1. The van der Waals surface area contributed by atoms with Crippen molar-refractivity contribution in [2.45, 2.75) is 12.5 Å². The number of ether oxygens (including phenoxy) is 2. The number of nitrogens with one attached hydrogen (secondary N) is 1. The van der Waals surface area contributed by atoms with Crippen LogP contribution in [0.4, 0.5) is 10.5 Å². The fourth-order valence-electron chi connectivity index (χ4n) is 2.89. The first-order valence-corrected chi connectivity index (χ1v) is 6.95. The van der Waals surface area contributed by atoms with Gasteiger partial charge in [-0.15, -0.1) is 0 Å². The minimum Gasteiger partial charge on any atom is -0.506 e. The van der Waals surface area contributed by atoms with Crippen molar-refractivity contribution in [3.05, 3.63) is 23.4 Å². The molecule has 0 saturated carbocycles. The summed E-state index contributed by atoms with van der Waals surface area (Å²) in [7, 11) is 2.50. The fourth-order valence-corrected chi connectivity index (χ4v) is 2.89. The second-order valence-electron chi connectivity index (χ2n) is 5.30. The Bertz CT molecular complexity index is 797. The van der Waals surface area contributed by atoms with Gasteiger partial charge in [0.2, 0.25) is 0 Å². The third-order valence-corrected chi connectivity index (χ3v) is 3.91. The molecule has 8 nitrogen and oxygen atoms in total. The number of nitrogens with zero attached hydrogens (tertiary/aromatic N) is 1. The van der Waals surface area contributed by atoms with Gasteiger partial charge in [0.1, 0.15) is 11.4 Å². The quantitative estimate of drug-likeness (QED) is 0.680. The molecule has 1 amide bonds. The van der Waals surface area contributed by atoms with Gasteiger partial charge in [-0.05, 0) is 11.6 Å². The van der Waals surface area contributed by atoms with E-state index in [-0.39, 0.29) is 24.4 Å². The molecule has 0 spiro atoms. The summed E-state index contributed by atoms with van der Waals surface area (Å²) in [5.74, 6) is -0.685. The van der Waals surface area contributed by atoms with Crippen molar-refractivity contribution < 1.29 is 29.3 Å². The Kier molecular flexibility index (Phi) is 3.61. The van der Waals surface area contributed by atoms with E-state index < -0.39 is 18.2 Å². The molecule has 122 valence electrons. The van der Waals surface area contributed by atoms with E-state index in [0.29, 0.717) is 22.2 Å². The van der Waals surface area contributed by atoms with Gasteiger partial charge >= 0.3 is 12.1 Å². The Morgan fingerprint density at radius 2 is 2.04 bits per heavy atom. The van der Waals surface area contributed by atoms with Gasteiger partial charge in [-0.1, -0.05) is 0 Å². The number of β-amino-alcohol motifs (C(OH)–C–C–N with tert-alkyl or cyclic N) is 1. The van der Waals surface area contributed by atoms with Crippen molar-refractivity contribution in [2.75, 3.05) is 25.7 Å². The van der Waals surface area contributed by atoms with Crippen LogP contribution in [0.25, 0.3) is 10.9 Å². The van der Waals surface area contributed by atoms with Gasteiger partial charge in [0.15, 0.2) is 0 Å². The molecule has 2 aromatic rings. The Hall–Kier alpha value is -2.74. The molecule has 0 unspecified atom stereocenters. The van der Waals surface area contributed by atoms with Crippen molar-refractivity contribution in [2.24, 2.45) is 0 Å². The predicted molar refractivity (Wildman–Crippen MR) is 80.8 cm³/mol. The SMILES string of the molecule is COC(=O)c1cc2c3c(cc(O)c2[nH]1)N(C(=O)OC)C[C@@H](O)C3. The molecule has 3 rings (SSSR count). The van der Waals surface area contributed by atoms with Crippen LogP contribution in [0.1, 0.15) is 16.1 Å². The molecule has 2 heterocycles. The molecule has 3 N–H and O–H groups in total. The molecule has 23 heavy (non-hydrogen) atoms. The van der Waals surface area contributed by atoms with Crippen molar-refractivity contribution in [1.82, 2.24) is 4.98 Å². The zero-order valence-corrected chi connectivity index (χ0v) is 12.6. The number of benzene rings is 1. The van der Waals surface area contributed by atoms with Crippen LogP contribution in [0.2, 0.25) is 0 Å². The minimum atomic E-state index is -0.772. The van der Waals surface area contributed by atoms with Gasteiger partial charge in [-0.2, -0.15) is 0 Å². The highest BCUT2D eigenvalue weighted by molar-refractivity contribution is 6.02. The summed E-state index contributed by atoms with van der Waals surface area (Å²) in [5, 5.41) is 20.8. The maximum atomic E-state index is 11.9. The van der Waals surface area contributed by atoms with E-state index in [1.807, 2.05) is 0 Å². The number of aliphatic hydroxyl groups is 1. The van der Waals surface area contributed by atoms with E-state index in [2.05, 4.69) is 9.72 Å². The number of aromatic nitrogens is 1. The van der Waals surface area contributed by atoms with Crippen molar-refractivity contribution >= 4 is 28.7 Å². The lowest BCUT2D eigenvalue weighted by atomic mass is 9.96. The predicted octanol–water partition coefficient (Wildman–Crippen LogP) is 1.15. The van der Waals surface area contributed by atoms with E-state index in [9.17, 15) is 19.8 Å². The van der Waals surface area contributed by atoms with Crippen molar-refractivity contribution in [3.63, 3.8) is 0 Å². The highest BCUT2D eigenvalue weighted by Gasteiger charge is 2.31. The maximum Gasteiger partial charge on any atom is 0.414 e. The van der Waals surface area contributed by atoms with Crippen LogP contribution in [0.5, 0.6) is 5.75 Å². The fraction of sp³-hybridized carbons (Fsp3) is 0.333. The number of methoxy groups -OCH3 is 2. The number of phenolic OH excluding ortho intramolecular Hbond substituents is 1. The van der Waals surface area contributed by atoms with Crippen LogP contribution in [0.15, 0.2) is 12.1 Å². The average molecular weight is 320 g/mol. The first-order valence-electron chi connectivity index (χ1n) is 6.95. The molecule has 1 atom stereocenters. The summed E-state index contributed by atoms with van der Waals surface area (Å²) in [5.41, 5.74) is 1.62. The summed E-state index contributed by atoms with van der Waals surface area (Å²) < 4.78 is 9.38. The van der Waals surface area contributed by atoms with Crippen LogP contribution in [-0.4, -0.2) is 54.1 Å². The summed E-state index contributed by atoms with van der Waals surface area (Å²) in [6, 6.07) is 2.95. The smallest absolute Gasteiger partial charge is 0.414 e. The highest BCUT2D eigenvalue weighted by atomic mass is 16.5. The van der Waals surface area contributed by atoms with E-state index >= 15 is 0 Å². The van der Waals surface area contributed by atoms with Crippen LogP contribution >= 0.6 is 0 Å². The molecular weight excluding hydrogens is 304 g/mol. The summed E-state index contributed by atoms with van der Waals surface area (Å²) >= 11 is 0. The Morgan fingerprint density at radius 3 is 2.70 bits per heavy atom. The maximum absolute atomic E-state index is 11.9. The molecule has 0 radical (unpaired) electrons. The first kappa shape index (κ1) is 15.2. The van der Waals surface area contributed by atoms with Crippen LogP contribution in [-0.2, 0) is 15.9 Å². The molecule has 0 fully saturated rings. The van der Waals surface area contributed by atoms with Gasteiger partial charge in [0.05, 0.1) is 38.1 Å². The van der Waals surface area contributed by atoms with Gasteiger partial charge in [-0.25, -0.2) is 9.59 Å². The normalized spacial score (nSPS) is 17.0. The molecule has 1 aromatic heterocycles. The lowest BCUT2D eigenvalue weighted by Crippen LogP contribution is -2.42. The number of amides is 1. The third-order valence-electron chi connectivity index (χ3n) is 3.91. The molecule has 1 aromatic carbocycles. The molecule has 1 aliphatic heterocycles. The van der Waals surface area contributed by atoms with Crippen molar-refractivity contribution in [3.8, 4) is 5.75 Å². The summed E-state index contributed by atoms with van der Waals surface area (Å²) in [6.45, 7) is 0.0684. The summed E-state index contributed by atoms with van der Waals surface area (Å²) in [4.78, 5) is 27.6. The topological polar surface area (TPSA) is 112 Å². The number of carbonyl (C=O) groups excluding carboxylic acids is 2. The molecular formula is C15H16N2O6. The lowest BCUT2D eigenvalue weighted by molar-refractivity contribution is 0.0595. The zero-order valence-electron chi connectivity index (χ0n) is 12.6. The number of H-pyrrole nitrogens is 1. The Balaban J connectivity index is 2.23. The van der Waals surface area contributed by atoms with Crippen molar-refractivity contribution in [1.29, 1.82) is 0 Å². The highest BCUT2D eigenvalue weighted by Crippen LogP contribution is 2.39. The number of aromatic hydroxyl groups is 1. The number of rotatable bonds is 1. The number of esters is 1. The van der Waals surface area contributed by atoms with Crippen LogP contribution in [0, 0.1) is 0 Å². The Morgan fingerprint density at radius 1 is 1.30 bits per heavy atom. The van der Waals surface area contributed by atoms with Crippen LogP contribution < -0.4 is 4.90 Å². The first-order chi connectivity index (χ1) is 11.0. The molecule has 0 aliphatic carbocycles. The molecule has 0 bridgehead atoms. The second-order valence-corrected chi connectivity index (χ2v) is 5.30. The van der Waals surface area contributed by atoms with E-state index in [1.165, 1.54) is 31.3 Å². The number of hydrogen-bond acceptors (Lipinski definition) is 6. The third kappa shape index (κ3) is 2.36. The molecule has 1 aliphatic rings. The molecule has 8 heteroatoms. The number of anilines is 1. The monoisotopic (exact) mass is 320 g/mol. The Labute approximate surface area is 131 Å². The standard InChI is InChI=1S/C15H16N2O6/c1-22-14(20)10-4-9-8-3-7(18)6-17(15(21)23-2)11(8)5-12(19)13(9)16-10/h4-5,7,16,18-19H,3,6H2,1-2H3/t7-/m0/s1. The van der Waals surface area contributed by atoms with Gasteiger partial charge in [-0.3, -0.25) is 4.90 Å². The minimum absolute atomic E-state index is 0.0684. The molecule has 0 saturated heterocycles. The van der Waals surface area contributed by atoms with E-state index in [1.54, 1.807) is 0 Å². The number of phenols is 1. The van der Waals surface area contributed by atoms with Crippen LogP contribution in [0.3, 0.4) is 0 Å².